The summed E-state index contributed by atoms with van der Waals surface area (Å²) in [6.45, 7) is 1.68. The van der Waals surface area contributed by atoms with Crippen LogP contribution in [0.2, 0.25) is 5.15 Å². The van der Waals surface area contributed by atoms with E-state index in [9.17, 15) is 5.11 Å². The predicted octanol–water partition coefficient (Wildman–Crippen LogP) is 2.67. The molecule has 2 aromatic heterocycles. The first kappa shape index (κ1) is 11.4. The molecule has 0 fully saturated rings. The van der Waals surface area contributed by atoms with Gasteiger partial charge in [0, 0.05) is 5.56 Å². The number of halogens is 1. The summed E-state index contributed by atoms with van der Waals surface area (Å²) in [6, 6.07) is 1.84. The van der Waals surface area contributed by atoms with Gasteiger partial charge in [-0.2, -0.15) is 0 Å². The van der Waals surface area contributed by atoms with Crippen molar-refractivity contribution in [1.29, 1.82) is 0 Å². The molecule has 0 bridgehead atoms. The fourth-order valence-electron chi connectivity index (χ4n) is 1.18. The Bertz CT molecular complexity index is 501. The number of hydrogen-bond donors (Lipinski definition) is 1. The molecule has 0 saturated carbocycles. The third kappa shape index (κ3) is 2.21. The lowest BCUT2D eigenvalue weighted by molar-refractivity contribution is 0.277. The zero-order valence-corrected chi connectivity index (χ0v) is 10.0. The summed E-state index contributed by atoms with van der Waals surface area (Å²) in [6.07, 6.45) is 2.98. The summed E-state index contributed by atoms with van der Waals surface area (Å²) in [7, 11) is 0. The molecule has 0 aromatic carbocycles. The van der Waals surface area contributed by atoms with Crippen molar-refractivity contribution in [2.75, 3.05) is 0 Å². The summed E-state index contributed by atoms with van der Waals surface area (Å²) in [5.41, 5.74) is 0.537. The Kier molecular flexibility index (Phi) is 3.48. The largest absolute Gasteiger partial charge is 0.468 e. The van der Waals surface area contributed by atoms with Crippen molar-refractivity contribution >= 4 is 23.4 Å². The molecule has 84 valence electrons. The van der Waals surface area contributed by atoms with Gasteiger partial charge in [-0.3, -0.25) is 0 Å². The monoisotopic (exact) mass is 256 g/mol. The maximum absolute atomic E-state index is 9.20. The minimum absolute atomic E-state index is 0.182. The van der Waals surface area contributed by atoms with E-state index in [-0.39, 0.29) is 11.8 Å². The second kappa shape index (κ2) is 4.86. The minimum atomic E-state index is -0.182. The highest BCUT2D eigenvalue weighted by atomic mass is 35.5. The normalized spacial score (nSPS) is 10.7. The molecule has 2 heterocycles. The molecule has 0 saturated heterocycles. The SMILES string of the molecule is Cc1occc1Sc1ncnc(Cl)c1CO. The first-order valence-corrected chi connectivity index (χ1v) is 5.74. The van der Waals surface area contributed by atoms with Crippen LogP contribution in [0.5, 0.6) is 0 Å². The van der Waals surface area contributed by atoms with E-state index in [1.807, 2.05) is 13.0 Å². The van der Waals surface area contributed by atoms with Gasteiger partial charge in [-0.15, -0.1) is 0 Å². The molecule has 0 aliphatic heterocycles. The van der Waals surface area contributed by atoms with Crippen molar-refractivity contribution in [3.05, 3.63) is 35.1 Å². The van der Waals surface area contributed by atoms with Gasteiger partial charge in [0.15, 0.2) is 0 Å². The molecule has 0 radical (unpaired) electrons. The molecule has 0 amide bonds. The van der Waals surface area contributed by atoms with E-state index >= 15 is 0 Å². The van der Waals surface area contributed by atoms with Crippen LogP contribution >= 0.6 is 23.4 Å². The molecule has 1 N–H and O–H groups in total. The Labute approximate surface area is 102 Å². The van der Waals surface area contributed by atoms with Gasteiger partial charge in [0.05, 0.1) is 17.8 Å². The Morgan fingerprint density at radius 1 is 1.50 bits per heavy atom. The van der Waals surface area contributed by atoms with Crippen LogP contribution in [0.1, 0.15) is 11.3 Å². The van der Waals surface area contributed by atoms with Crippen LogP contribution in [0.4, 0.5) is 0 Å². The van der Waals surface area contributed by atoms with E-state index in [0.717, 1.165) is 10.7 Å². The second-order valence-electron chi connectivity index (χ2n) is 3.05. The highest BCUT2D eigenvalue weighted by Crippen LogP contribution is 2.33. The fraction of sp³-hybridized carbons (Fsp3) is 0.200. The Balaban J connectivity index is 2.35. The zero-order chi connectivity index (χ0) is 11.5. The molecule has 0 atom stereocenters. The molecule has 4 nitrogen and oxygen atoms in total. The molecule has 2 aromatic rings. The van der Waals surface area contributed by atoms with E-state index in [2.05, 4.69) is 9.97 Å². The fourth-order valence-corrected chi connectivity index (χ4v) is 2.34. The molecule has 0 aliphatic carbocycles. The number of aliphatic hydroxyl groups is 1. The van der Waals surface area contributed by atoms with Crippen molar-refractivity contribution < 1.29 is 9.52 Å². The Morgan fingerprint density at radius 2 is 2.31 bits per heavy atom. The Hall–Kier alpha value is -1.04. The first-order chi connectivity index (χ1) is 7.72. The second-order valence-corrected chi connectivity index (χ2v) is 4.44. The summed E-state index contributed by atoms with van der Waals surface area (Å²) in [5.74, 6) is 0.809. The van der Waals surface area contributed by atoms with Gasteiger partial charge in [0.1, 0.15) is 22.3 Å². The van der Waals surface area contributed by atoms with Crippen molar-refractivity contribution in [3.63, 3.8) is 0 Å². The molecule has 2 rings (SSSR count). The third-order valence-corrected chi connectivity index (χ3v) is 3.54. The van der Waals surface area contributed by atoms with Crippen LogP contribution < -0.4 is 0 Å². The van der Waals surface area contributed by atoms with Crippen molar-refractivity contribution in [2.45, 2.75) is 23.5 Å². The lowest BCUT2D eigenvalue weighted by atomic mass is 10.4. The van der Waals surface area contributed by atoms with Gasteiger partial charge < -0.3 is 9.52 Å². The van der Waals surface area contributed by atoms with Crippen LogP contribution in [0.15, 0.2) is 33.0 Å². The van der Waals surface area contributed by atoms with E-state index in [1.165, 1.54) is 18.1 Å². The maximum atomic E-state index is 9.20. The lowest BCUT2D eigenvalue weighted by Gasteiger charge is -2.05. The lowest BCUT2D eigenvalue weighted by Crippen LogP contribution is -1.95. The quantitative estimate of drug-likeness (QED) is 0.856. The first-order valence-electron chi connectivity index (χ1n) is 4.54. The standard InChI is InChI=1S/C10H9ClN2O2S/c1-6-8(2-3-15-6)16-10-7(4-14)9(11)12-5-13-10/h2-3,5,14H,4H2,1H3. The van der Waals surface area contributed by atoms with E-state index in [1.54, 1.807) is 6.26 Å². The van der Waals surface area contributed by atoms with Gasteiger partial charge in [-0.05, 0) is 13.0 Å². The van der Waals surface area contributed by atoms with Gasteiger partial charge in [0.2, 0.25) is 0 Å². The number of aliphatic hydroxyl groups excluding tert-OH is 1. The molecule has 16 heavy (non-hydrogen) atoms. The Morgan fingerprint density at radius 3 is 2.94 bits per heavy atom. The smallest absolute Gasteiger partial charge is 0.139 e. The summed E-state index contributed by atoms with van der Waals surface area (Å²) < 4.78 is 5.18. The van der Waals surface area contributed by atoms with Crippen LogP contribution in [0.3, 0.4) is 0 Å². The van der Waals surface area contributed by atoms with E-state index < -0.39 is 0 Å². The average molecular weight is 257 g/mol. The summed E-state index contributed by atoms with van der Waals surface area (Å²) in [4.78, 5) is 8.86. The summed E-state index contributed by atoms with van der Waals surface area (Å²) in [5, 5.41) is 10.1. The number of aryl methyl sites for hydroxylation is 1. The van der Waals surface area contributed by atoms with Gasteiger partial charge in [-0.25, -0.2) is 9.97 Å². The van der Waals surface area contributed by atoms with Crippen molar-refractivity contribution in [2.24, 2.45) is 0 Å². The summed E-state index contributed by atoms with van der Waals surface area (Å²) >= 11 is 7.26. The molecule has 0 aliphatic rings. The number of aromatic nitrogens is 2. The maximum Gasteiger partial charge on any atom is 0.139 e. The molecule has 0 spiro atoms. The highest BCUT2D eigenvalue weighted by Gasteiger charge is 2.12. The molecule has 6 heteroatoms. The van der Waals surface area contributed by atoms with Crippen LogP contribution in [0, 0.1) is 6.92 Å². The third-order valence-electron chi connectivity index (χ3n) is 2.03. The van der Waals surface area contributed by atoms with Gasteiger partial charge in [0.25, 0.3) is 0 Å². The van der Waals surface area contributed by atoms with Crippen molar-refractivity contribution in [1.82, 2.24) is 9.97 Å². The topological polar surface area (TPSA) is 59.2 Å². The van der Waals surface area contributed by atoms with Crippen molar-refractivity contribution in [3.8, 4) is 0 Å². The highest BCUT2D eigenvalue weighted by molar-refractivity contribution is 7.99. The van der Waals surface area contributed by atoms with Crippen LogP contribution in [-0.2, 0) is 6.61 Å². The van der Waals surface area contributed by atoms with E-state index in [4.69, 9.17) is 16.0 Å². The number of hydrogen-bond acceptors (Lipinski definition) is 5. The predicted molar refractivity (Wildman–Crippen MR) is 60.5 cm³/mol. The van der Waals surface area contributed by atoms with Crippen LogP contribution in [-0.4, -0.2) is 15.1 Å². The zero-order valence-electron chi connectivity index (χ0n) is 8.48. The molecule has 0 unspecified atom stereocenters. The number of nitrogens with zero attached hydrogens (tertiary/aromatic N) is 2. The van der Waals surface area contributed by atoms with Gasteiger partial charge in [-0.1, -0.05) is 23.4 Å². The number of rotatable bonds is 3. The van der Waals surface area contributed by atoms with Crippen LogP contribution in [0.25, 0.3) is 0 Å². The minimum Gasteiger partial charge on any atom is -0.468 e. The average Bonchev–Trinajstić information content (AvgIpc) is 2.65. The van der Waals surface area contributed by atoms with Gasteiger partial charge >= 0.3 is 0 Å². The number of furan rings is 1. The molecular formula is C10H9ClN2O2S. The van der Waals surface area contributed by atoms with E-state index in [0.29, 0.717) is 10.6 Å². The molecular weight excluding hydrogens is 248 g/mol.